The fraction of sp³-hybridized carbons (Fsp3) is 0.500. The van der Waals surface area contributed by atoms with Gasteiger partial charge in [-0.15, -0.1) is 0 Å². The van der Waals surface area contributed by atoms with Gasteiger partial charge in [0.05, 0.1) is 4.90 Å². The molecule has 6 heteroatoms. The van der Waals surface area contributed by atoms with Crippen molar-refractivity contribution in [2.45, 2.75) is 31.2 Å². The van der Waals surface area contributed by atoms with Crippen LogP contribution >= 0.6 is 0 Å². The first-order valence-corrected chi connectivity index (χ1v) is 7.39. The molecular formula is C12H19FN2O2S. The Morgan fingerprint density at radius 3 is 2.33 bits per heavy atom. The smallest absolute Gasteiger partial charge is 0.240 e. The lowest BCUT2D eigenvalue weighted by Crippen LogP contribution is -2.29. The van der Waals surface area contributed by atoms with E-state index >= 15 is 0 Å². The first-order chi connectivity index (χ1) is 8.42. The average Bonchev–Trinajstić information content (AvgIpc) is 2.28. The number of sulfonamides is 1. The van der Waals surface area contributed by atoms with Crippen molar-refractivity contribution >= 4 is 10.0 Å². The molecule has 0 aliphatic carbocycles. The van der Waals surface area contributed by atoms with Crippen LogP contribution in [0.2, 0.25) is 0 Å². The third kappa shape index (κ3) is 5.12. The predicted molar refractivity (Wildman–Crippen MR) is 69.3 cm³/mol. The fourth-order valence-electron chi connectivity index (χ4n) is 1.38. The standard InChI is InChI=1S/C12H19FN2O2S/c1-10(2)14-8-3-9-15-18(16,17)12-6-4-11(13)5-7-12/h4-7,10,14-15H,3,8-9H2,1-2H3. The van der Waals surface area contributed by atoms with Crippen molar-refractivity contribution in [2.75, 3.05) is 13.1 Å². The minimum absolute atomic E-state index is 0.0840. The van der Waals surface area contributed by atoms with E-state index in [4.69, 9.17) is 0 Å². The Morgan fingerprint density at radius 2 is 1.78 bits per heavy atom. The maximum Gasteiger partial charge on any atom is 0.240 e. The van der Waals surface area contributed by atoms with Crippen molar-refractivity contribution in [2.24, 2.45) is 0 Å². The lowest BCUT2D eigenvalue weighted by Gasteiger charge is -2.09. The van der Waals surface area contributed by atoms with Crippen LogP contribution in [-0.2, 0) is 10.0 Å². The molecule has 0 amide bonds. The highest BCUT2D eigenvalue weighted by Gasteiger charge is 2.12. The molecule has 18 heavy (non-hydrogen) atoms. The Labute approximate surface area is 108 Å². The van der Waals surface area contributed by atoms with Crippen molar-refractivity contribution in [3.05, 3.63) is 30.1 Å². The number of nitrogens with one attached hydrogen (secondary N) is 2. The molecule has 0 saturated carbocycles. The summed E-state index contributed by atoms with van der Waals surface area (Å²) in [5.74, 6) is -0.449. The van der Waals surface area contributed by atoms with Gasteiger partial charge >= 0.3 is 0 Å². The van der Waals surface area contributed by atoms with Crippen LogP contribution in [0.25, 0.3) is 0 Å². The molecule has 0 spiro atoms. The highest BCUT2D eigenvalue weighted by atomic mass is 32.2. The van der Waals surface area contributed by atoms with Crippen LogP contribution in [0.3, 0.4) is 0 Å². The molecule has 0 aliphatic rings. The first kappa shape index (κ1) is 15.1. The van der Waals surface area contributed by atoms with E-state index in [2.05, 4.69) is 10.0 Å². The van der Waals surface area contributed by atoms with Crippen LogP contribution in [0.15, 0.2) is 29.2 Å². The monoisotopic (exact) mass is 274 g/mol. The maximum atomic E-state index is 12.7. The number of benzene rings is 1. The Morgan fingerprint density at radius 1 is 1.17 bits per heavy atom. The quantitative estimate of drug-likeness (QED) is 0.741. The summed E-state index contributed by atoms with van der Waals surface area (Å²) < 4.78 is 38.7. The van der Waals surface area contributed by atoms with Crippen molar-refractivity contribution in [1.29, 1.82) is 0 Å². The molecule has 1 aromatic rings. The van der Waals surface area contributed by atoms with Gasteiger partial charge in [0.2, 0.25) is 10.0 Å². The number of hydrogen-bond donors (Lipinski definition) is 2. The zero-order valence-electron chi connectivity index (χ0n) is 10.6. The Bertz CT molecular complexity index is 457. The summed E-state index contributed by atoms with van der Waals surface area (Å²) in [7, 11) is -3.52. The zero-order valence-corrected chi connectivity index (χ0v) is 11.4. The molecule has 1 aromatic carbocycles. The van der Waals surface area contributed by atoms with E-state index in [1.165, 1.54) is 12.1 Å². The van der Waals surface area contributed by atoms with Crippen LogP contribution in [0.4, 0.5) is 4.39 Å². The van der Waals surface area contributed by atoms with E-state index in [-0.39, 0.29) is 4.90 Å². The molecule has 102 valence electrons. The lowest BCUT2D eigenvalue weighted by molar-refractivity contribution is 0.554. The van der Waals surface area contributed by atoms with Crippen molar-refractivity contribution < 1.29 is 12.8 Å². The summed E-state index contributed by atoms with van der Waals surface area (Å²) in [5, 5.41) is 3.19. The molecule has 2 N–H and O–H groups in total. The first-order valence-electron chi connectivity index (χ1n) is 5.90. The van der Waals surface area contributed by atoms with Gasteiger partial charge in [0.15, 0.2) is 0 Å². The predicted octanol–water partition coefficient (Wildman–Crippen LogP) is 1.49. The van der Waals surface area contributed by atoms with Gasteiger partial charge in [0.1, 0.15) is 5.82 Å². The number of halogens is 1. The fourth-order valence-corrected chi connectivity index (χ4v) is 2.46. The SMILES string of the molecule is CC(C)NCCCNS(=O)(=O)c1ccc(F)cc1. The zero-order chi connectivity index (χ0) is 13.6. The molecule has 0 atom stereocenters. The van der Waals surface area contributed by atoms with E-state index in [0.717, 1.165) is 18.7 Å². The second-order valence-electron chi connectivity index (χ2n) is 4.31. The molecule has 0 bridgehead atoms. The second-order valence-corrected chi connectivity index (χ2v) is 6.08. The van der Waals surface area contributed by atoms with Gasteiger partial charge in [-0.05, 0) is 37.2 Å². The number of rotatable bonds is 7. The van der Waals surface area contributed by atoms with Gasteiger partial charge in [-0.1, -0.05) is 13.8 Å². The molecule has 0 aliphatic heterocycles. The number of hydrogen-bond acceptors (Lipinski definition) is 3. The Hall–Kier alpha value is -0.980. The van der Waals surface area contributed by atoms with Crippen molar-refractivity contribution in [3.8, 4) is 0 Å². The Balaban J connectivity index is 2.43. The van der Waals surface area contributed by atoms with E-state index in [1.54, 1.807) is 0 Å². The van der Waals surface area contributed by atoms with Crippen LogP contribution in [0.1, 0.15) is 20.3 Å². The molecule has 4 nitrogen and oxygen atoms in total. The molecule has 0 unspecified atom stereocenters. The summed E-state index contributed by atoms with van der Waals surface area (Å²) in [4.78, 5) is 0.0840. The van der Waals surface area contributed by atoms with Gasteiger partial charge in [0, 0.05) is 12.6 Å². The molecule has 0 heterocycles. The third-order valence-electron chi connectivity index (χ3n) is 2.32. The summed E-state index contributed by atoms with van der Waals surface area (Å²) in [6.45, 7) is 5.18. The van der Waals surface area contributed by atoms with Gasteiger partial charge in [-0.25, -0.2) is 17.5 Å². The van der Waals surface area contributed by atoms with Gasteiger partial charge in [0.25, 0.3) is 0 Å². The lowest BCUT2D eigenvalue weighted by atomic mass is 10.3. The minimum Gasteiger partial charge on any atom is -0.314 e. The van der Waals surface area contributed by atoms with Crippen molar-refractivity contribution in [1.82, 2.24) is 10.0 Å². The van der Waals surface area contributed by atoms with Gasteiger partial charge in [-0.2, -0.15) is 0 Å². The van der Waals surface area contributed by atoms with E-state index in [0.29, 0.717) is 19.0 Å². The summed E-state index contributed by atoms with van der Waals surface area (Å²) in [6.07, 6.45) is 0.707. The van der Waals surface area contributed by atoms with Crippen LogP contribution in [-0.4, -0.2) is 27.5 Å². The van der Waals surface area contributed by atoms with Crippen LogP contribution < -0.4 is 10.0 Å². The van der Waals surface area contributed by atoms with E-state index < -0.39 is 15.8 Å². The summed E-state index contributed by atoms with van der Waals surface area (Å²) >= 11 is 0. The molecule has 0 aromatic heterocycles. The topological polar surface area (TPSA) is 58.2 Å². The largest absolute Gasteiger partial charge is 0.314 e. The maximum absolute atomic E-state index is 12.7. The summed E-state index contributed by atoms with van der Waals surface area (Å²) in [5.41, 5.74) is 0. The van der Waals surface area contributed by atoms with Crippen molar-refractivity contribution in [3.63, 3.8) is 0 Å². The minimum atomic E-state index is -3.52. The molecule has 1 rings (SSSR count). The van der Waals surface area contributed by atoms with Crippen LogP contribution in [0, 0.1) is 5.82 Å². The average molecular weight is 274 g/mol. The highest BCUT2D eigenvalue weighted by Crippen LogP contribution is 2.09. The van der Waals surface area contributed by atoms with E-state index in [9.17, 15) is 12.8 Å². The van der Waals surface area contributed by atoms with Gasteiger partial charge < -0.3 is 5.32 Å². The summed E-state index contributed by atoms with van der Waals surface area (Å²) in [6, 6.07) is 5.16. The molecule has 0 fully saturated rings. The third-order valence-corrected chi connectivity index (χ3v) is 3.80. The molecule has 0 radical (unpaired) electrons. The molecule has 0 saturated heterocycles. The van der Waals surface area contributed by atoms with E-state index in [1.807, 2.05) is 13.8 Å². The molecular weight excluding hydrogens is 255 g/mol. The second kappa shape index (κ2) is 6.82. The Kier molecular flexibility index (Phi) is 5.71. The van der Waals surface area contributed by atoms with Crippen LogP contribution in [0.5, 0.6) is 0 Å². The highest BCUT2D eigenvalue weighted by molar-refractivity contribution is 7.89. The normalized spacial score (nSPS) is 12.0. The van der Waals surface area contributed by atoms with Gasteiger partial charge in [-0.3, -0.25) is 0 Å².